The Balaban J connectivity index is 2.01. The first-order valence-electron chi connectivity index (χ1n) is 4.74. The number of halogens is 1. The van der Waals surface area contributed by atoms with Crippen molar-refractivity contribution in [3.8, 4) is 0 Å². The van der Waals surface area contributed by atoms with Gasteiger partial charge in [-0.25, -0.2) is 9.37 Å². The van der Waals surface area contributed by atoms with Crippen LogP contribution in [0.25, 0.3) is 0 Å². The Morgan fingerprint density at radius 1 is 1.64 bits per heavy atom. The molecule has 2 atom stereocenters. The Hall–Kier alpha value is -1.16. The van der Waals surface area contributed by atoms with Crippen molar-refractivity contribution in [2.24, 2.45) is 0 Å². The van der Waals surface area contributed by atoms with Crippen LogP contribution in [-0.4, -0.2) is 23.7 Å². The molecule has 0 radical (unpaired) electrons. The minimum absolute atomic E-state index is 0.175. The molecule has 0 amide bonds. The minimum atomic E-state index is -0.313. The highest BCUT2D eigenvalue weighted by atomic mass is 19.1. The summed E-state index contributed by atoms with van der Waals surface area (Å²) in [5.41, 5.74) is 0. The van der Waals surface area contributed by atoms with Crippen molar-refractivity contribution in [2.45, 2.75) is 25.5 Å². The van der Waals surface area contributed by atoms with Gasteiger partial charge in [-0.1, -0.05) is 0 Å². The van der Waals surface area contributed by atoms with E-state index >= 15 is 0 Å². The SMILES string of the molecule is C[C@H]1C[C@@H](Nc2ncccc2F)CO1. The molecule has 0 unspecified atom stereocenters. The maximum absolute atomic E-state index is 13.2. The third kappa shape index (κ3) is 2.01. The van der Waals surface area contributed by atoms with Crippen LogP contribution in [-0.2, 0) is 4.74 Å². The van der Waals surface area contributed by atoms with E-state index in [-0.39, 0.29) is 18.0 Å². The average Bonchev–Trinajstić information content (AvgIpc) is 2.56. The van der Waals surface area contributed by atoms with Crippen LogP contribution in [0.5, 0.6) is 0 Å². The number of hydrogen-bond donors (Lipinski definition) is 1. The number of nitrogens with zero attached hydrogens (tertiary/aromatic N) is 1. The number of anilines is 1. The molecule has 2 heterocycles. The molecular weight excluding hydrogens is 183 g/mol. The molecule has 14 heavy (non-hydrogen) atoms. The van der Waals surface area contributed by atoms with Gasteiger partial charge in [0.25, 0.3) is 0 Å². The van der Waals surface area contributed by atoms with Crippen LogP contribution < -0.4 is 5.32 Å². The molecule has 0 spiro atoms. The summed E-state index contributed by atoms with van der Waals surface area (Å²) in [4.78, 5) is 3.93. The fourth-order valence-electron chi connectivity index (χ4n) is 1.60. The number of nitrogens with one attached hydrogen (secondary N) is 1. The molecule has 1 aromatic heterocycles. The van der Waals surface area contributed by atoms with Gasteiger partial charge in [0.1, 0.15) is 0 Å². The first kappa shape index (κ1) is 9.40. The molecule has 0 aliphatic carbocycles. The van der Waals surface area contributed by atoms with E-state index in [0.29, 0.717) is 12.4 Å². The summed E-state index contributed by atoms with van der Waals surface area (Å²) in [6.45, 7) is 2.63. The summed E-state index contributed by atoms with van der Waals surface area (Å²) < 4.78 is 18.5. The van der Waals surface area contributed by atoms with Gasteiger partial charge in [-0.05, 0) is 25.5 Å². The molecule has 0 saturated carbocycles. The Morgan fingerprint density at radius 2 is 2.50 bits per heavy atom. The van der Waals surface area contributed by atoms with E-state index in [9.17, 15) is 4.39 Å². The summed E-state index contributed by atoms with van der Waals surface area (Å²) in [5, 5.41) is 3.03. The molecule has 0 aromatic carbocycles. The van der Waals surface area contributed by atoms with E-state index in [1.807, 2.05) is 6.92 Å². The third-order valence-corrected chi connectivity index (χ3v) is 2.30. The van der Waals surface area contributed by atoms with Crippen molar-refractivity contribution in [1.82, 2.24) is 4.98 Å². The summed E-state index contributed by atoms with van der Waals surface area (Å²) in [7, 11) is 0. The summed E-state index contributed by atoms with van der Waals surface area (Å²) in [6, 6.07) is 3.15. The van der Waals surface area contributed by atoms with Gasteiger partial charge >= 0.3 is 0 Å². The molecule has 1 N–H and O–H groups in total. The quantitative estimate of drug-likeness (QED) is 0.783. The van der Waals surface area contributed by atoms with Crippen LogP contribution in [0.15, 0.2) is 18.3 Å². The van der Waals surface area contributed by atoms with E-state index in [0.717, 1.165) is 6.42 Å². The largest absolute Gasteiger partial charge is 0.376 e. The molecule has 0 bridgehead atoms. The molecule has 1 saturated heterocycles. The van der Waals surface area contributed by atoms with E-state index in [4.69, 9.17) is 4.74 Å². The fraction of sp³-hybridized carbons (Fsp3) is 0.500. The number of hydrogen-bond acceptors (Lipinski definition) is 3. The lowest BCUT2D eigenvalue weighted by Gasteiger charge is -2.11. The highest BCUT2D eigenvalue weighted by molar-refractivity contribution is 5.36. The fourth-order valence-corrected chi connectivity index (χ4v) is 1.60. The van der Waals surface area contributed by atoms with E-state index < -0.39 is 0 Å². The van der Waals surface area contributed by atoms with Crippen LogP contribution in [0.3, 0.4) is 0 Å². The maximum Gasteiger partial charge on any atom is 0.165 e. The lowest BCUT2D eigenvalue weighted by atomic mass is 10.2. The summed E-state index contributed by atoms with van der Waals surface area (Å²) in [5.74, 6) is 0.00209. The highest BCUT2D eigenvalue weighted by Crippen LogP contribution is 2.18. The van der Waals surface area contributed by atoms with Gasteiger partial charge in [0, 0.05) is 6.20 Å². The predicted octanol–water partition coefficient (Wildman–Crippen LogP) is 1.81. The van der Waals surface area contributed by atoms with Gasteiger partial charge in [0.2, 0.25) is 0 Å². The molecule has 76 valence electrons. The minimum Gasteiger partial charge on any atom is -0.376 e. The molecular formula is C10H13FN2O. The van der Waals surface area contributed by atoms with Crippen molar-refractivity contribution in [2.75, 3.05) is 11.9 Å². The Bertz CT molecular complexity index is 319. The monoisotopic (exact) mass is 196 g/mol. The summed E-state index contributed by atoms with van der Waals surface area (Å²) in [6.07, 6.45) is 2.72. The standard InChI is InChI=1S/C10H13FN2O/c1-7-5-8(6-14-7)13-10-9(11)3-2-4-12-10/h2-4,7-8H,5-6H2,1H3,(H,12,13)/t7-,8+/m0/s1. The molecule has 1 aromatic rings. The predicted molar refractivity (Wildman–Crippen MR) is 51.6 cm³/mol. The normalized spacial score (nSPS) is 26.4. The Morgan fingerprint density at radius 3 is 3.14 bits per heavy atom. The van der Waals surface area contributed by atoms with Crippen molar-refractivity contribution in [3.63, 3.8) is 0 Å². The van der Waals surface area contributed by atoms with Gasteiger partial charge in [-0.15, -0.1) is 0 Å². The zero-order valence-electron chi connectivity index (χ0n) is 8.03. The third-order valence-electron chi connectivity index (χ3n) is 2.30. The number of pyridine rings is 1. The molecule has 1 aliphatic heterocycles. The first-order valence-corrected chi connectivity index (χ1v) is 4.74. The van der Waals surface area contributed by atoms with Crippen LogP contribution >= 0.6 is 0 Å². The Kier molecular flexibility index (Phi) is 2.63. The zero-order chi connectivity index (χ0) is 9.97. The van der Waals surface area contributed by atoms with E-state index in [1.165, 1.54) is 6.07 Å². The van der Waals surface area contributed by atoms with Gasteiger partial charge in [0.15, 0.2) is 11.6 Å². The number of ether oxygens (including phenoxy) is 1. The molecule has 4 heteroatoms. The Labute approximate surface area is 82.3 Å². The number of aromatic nitrogens is 1. The van der Waals surface area contributed by atoms with Gasteiger partial charge in [-0.2, -0.15) is 0 Å². The highest BCUT2D eigenvalue weighted by Gasteiger charge is 2.22. The van der Waals surface area contributed by atoms with Gasteiger partial charge < -0.3 is 10.1 Å². The number of rotatable bonds is 2. The molecule has 1 fully saturated rings. The topological polar surface area (TPSA) is 34.2 Å². The molecule has 1 aliphatic rings. The zero-order valence-corrected chi connectivity index (χ0v) is 8.03. The lowest BCUT2D eigenvalue weighted by molar-refractivity contribution is 0.124. The molecule has 3 nitrogen and oxygen atoms in total. The van der Waals surface area contributed by atoms with E-state index in [2.05, 4.69) is 10.3 Å². The lowest BCUT2D eigenvalue weighted by Crippen LogP contribution is -2.20. The van der Waals surface area contributed by atoms with Crippen LogP contribution in [0.4, 0.5) is 10.2 Å². The molecule has 2 rings (SSSR count). The first-order chi connectivity index (χ1) is 6.75. The van der Waals surface area contributed by atoms with Crippen LogP contribution in [0.2, 0.25) is 0 Å². The van der Waals surface area contributed by atoms with Crippen LogP contribution in [0, 0.1) is 5.82 Å². The van der Waals surface area contributed by atoms with Gasteiger partial charge in [-0.3, -0.25) is 0 Å². The second-order valence-corrected chi connectivity index (χ2v) is 3.55. The van der Waals surface area contributed by atoms with E-state index in [1.54, 1.807) is 12.3 Å². The average molecular weight is 196 g/mol. The smallest absolute Gasteiger partial charge is 0.165 e. The van der Waals surface area contributed by atoms with Gasteiger partial charge in [0.05, 0.1) is 18.8 Å². The van der Waals surface area contributed by atoms with Crippen molar-refractivity contribution in [1.29, 1.82) is 0 Å². The summed E-state index contributed by atoms with van der Waals surface area (Å²) >= 11 is 0. The second-order valence-electron chi connectivity index (χ2n) is 3.55. The van der Waals surface area contributed by atoms with Crippen molar-refractivity contribution >= 4 is 5.82 Å². The van der Waals surface area contributed by atoms with Crippen LogP contribution in [0.1, 0.15) is 13.3 Å². The maximum atomic E-state index is 13.2. The van der Waals surface area contributed by atoms with Crippen molar-refractivity contribution in [3.05, 3.63) is 24.1 Å². The van der Waals surface area contributed by atoms with Crippen molar-refractivity contribution < 1.29 is 9.13 Å². The second kappa shape index (κ2) is 3.92.